The first kappa shape index (κ1) is 14.2. The molecule has 1 aromatic carbocycles. The van der Waals surface area contributed by atoms with Gasteiger partial charge in [0.05, 0.1) is 4.90 Å². The van der Waals surface area contributed by atoms with Crippen LogP contribution in [0, 0.1) is 12.8 Å². The number of hydrogen-bond acceptors (Lipinski definition) is 3. The Labute approximate surface area is 102 Å². The molecule has 2 N–H and O–H groups in total. The third kappa shape index (κ3) is 5.81. The standard InChI is InChI=1S/C7H8O3S.C5H10O/c1-6-2-4-7(5-3-6)11(8,9)10;6-4-3-5-1-2-5/h2-5H,1H3,(H,8,9,10);5-6H,1-4H2. The van der Waals surface area contributed by atoms with E-state index in [1.165, 1.54) is 25.0 Å². The fourth-order valence-electron chi connectivity index (χ4n) is 1.30. The third-order valence-electron chi connectivity index (χ3n) is 2.55. The zero-order chi connectivity index (χ0) is 12.9. The van der Waals surface area contributed by atoms with Crippen LogP contribution in [0.15, 0.2) is 29.2 Å². The first-order valence-corrected chi connectivity index (χ1v) is 7.02. The average molecular weight is 258 g/mol. The van der Waals surface area contributed by atoms with Crippen molar-refractivity contribution in [2.45, 2.75) is 31.1 Å². The highest BCUT2D eigenvalue weighted by atomic mass is 32.2. The fourth-order valence-corrected chi connectivity index (χ4v) is 1.78. The van der Waals surface area contributed by atoms with Crippen LogP contribution in [0.5, 0.6) is 0 Å². The van der Waals surface area contributed by atoms with Crippen molar-refractivity contribution >= 4 is 10.1 Å². The van der Waals surface area contributed by atoms with Crippen LogP contribution >= 0.6 is 0 Å². The van der Waals surface area contributed by atoms with E-state index in [1.807, 2.05) is 6.92 Å². The molecule has 0 aromatic heterocycles. The summed E-state index contributed by atoms with van der Waals surface area (Å²) in [6, 6.07) is 5.99. The molecule has 1 saturated carbocycles. The van der Waals surface area contributed by atoms with E-state index in [9.17, 15) is 8.42 Å². The third-order valence-corrected chi connectivity index (χ3v) is 3.42. The van der Waals surface area contributed by atoms with Gasteiger partial charge in [-0.25, -0.2) is 0 Å². The van der Waals surface area contributed by atoms with E-state index in [0.717, 1.165) is 17.9 Å². The summed E-state index contributed by atoms with van der Waals surface area (Å²) in [4.78, 5) is -0.0666. The topological polar surface area (TPSA) is 74.6 Å². The quantitative estimate of drug-likeness (QED) is 0.813. The van der Waals surface area contributed by atoms with Crippen molar-refractivity contribution in [3.8, 4) is 0 Å². The minimum absolute atomic E-state index is 0.0666. The van der Waals surface area contributed by atoms with Crippen molar-refractivity contribution in [3.05, 3.63) is 29.8 Å². The van der Waals surface area contributed by atoms with Crippen LogP contribution in [0.4, 0.5) is 0 Å². The van der Waals surface area contributed by atoms with Gasteiger partial charge in [-0.15, -0.1) is 0 Å². The molecule has 96 valence electrons. The highest BCUT2D eigenvalue weighted by molar-refractivity contribution is 7.85. The second-order valence-corrected chi connectivity index (χ2v) is 5.67. The van der Waals surface area contributed by atoms with E-state index in [0.29, 0.717) is 6.61 Å². The molecule has 0 saturated heterocycles. The lowest BCUT2D eigenvalue weighted by Crippen LogP contribution is -1.96. The maximum atomic E-state index is 10.5. The summed E-state index contributed by atoms with van der Waals surface area (Å²) in [5, 5.41) is 8.28. The predicted octanol–water partition coefficient (Wildman–Crippen LogP) is 2.02. The summed E-state index contributed by atoms with van der Waals surface area (Å²) in [6.07, 6.45) is 3.76. The zero-order valence-electron chi connectivity index (χ0n) is 9.83. The van der Waals surface area contributed by atoms with Gasteiger partial charge in [-0.3, -0.25) is 4.55 Å². The van der Waals surface area contributed by atoms with Crippen LogP contribution in [-0.2, 0) is 10.1 Å². The van der Waals surface area contributed by atoms with Crippen LogP contribution in [0.2, 0.25) is 0 Å². The molecular formula is C12H18O4S. The molecular weight excluding hydrogens is 240 g/mol. The Morgan fingerprint density at radius 2 is 1.76 bits per heavy atom. The molecule has 0 bridgehead atoms. The number of benzene rings is 1. The highest BCUT2D eigenvalue weighted by Crippen LogP contribution is 2.31. The van der Waals surface area contributed by atoms with E-state index < -0.39 is 10.1 Å². The van der Waals surface area contributed by atoms with Crippen molar-refractivity contribution in [2.75, 3.05) is 6.61 Å². The van der Waals surface area contributed by atoms with Crippen molar-refractivity contribution in [3.63, 3.8) is 0 Å². The van der Waals surface area contributed by atoms with Gasteiger partial charge in [0, 0.05) is 6.61 Å². The minimum Gasteiger partial charge on any atom is -0.396 e. The molecule has 17 heavy (non-hydrogen) atoms. The molecule has 0 atom stereocenters. The molecule has 1 aromatic rings. The Kier molecular flexibility index (Phi) is 5.11. The van der Waals surface area contributed by atoms with Gasteiger partial charge in [0.25, 0.3) is 10.1 Å². The van der Waals surface area contributed by atoms with Crippen LogP contribution in [-0.4, -0.2) is 24.7 Å². The smallest absolute Gasteiger partial charge is 0.294 e. The maximum absolute atomic E-state index is 10.5. The van der Waals surface area contributed by atoms with Crippen LogP contribution in [0.1, 0.15) is 24.8 Å². The number of aliphatic hydroxyl groups is 1. The average Bonchev–Trinajstić information content (AvgIpc) is 3.02. The summed E-state index contributed by atoms with van der Waals surface area (Å²) in [7, 11) is -4.02. The van der Waals surface area contributed by atoms with Gasteiger partial charge in [-0.1, -0.05) is 30.5 Å². The van der Waals surface area contributed by atoms with Gasteiger partial charge in [-0.2, -0.15) is 8.42 Å². The molecule has 0 radical (unpaired) electrons. The molecule has 4 nitrogen and oxygen atoms in total. The largest absolute Gasteiger partial charge is 0.396 e. The SMILES string of the molecule is Cc1ccc(S(=O)(=O)O)cc1.OCCC1CC1. The molecule has 0 heterocycles. The molecule has 5 heteroatoms. The number of hydrogen-bond donors (Lipinski definition) is 2. The van der Waals surface area contributed by atoms with Crippen LogP contribution < -0.4 is 0 Å². The number of aryl methyl sites for hydroxylation is 1. The van der Waals surface area contributed by atoms with E-state index >= 15 is 0 Å². The Bertz CT molecular complexity index is 432. The Hall–Kier alpha value is -0.910. The van der Waals surface area contributed by atoms with Crippen molar-refractivity contribution in [2.24, 2.45) is 5.92 Å². The molecule has 1 aliphatic rings. The lowest BCUT2D eigenvalue weighted by molar-refractivity contribution is 0.280. The molecule has 0 aliphatic heterocycles. The number of rotatable bonds is 3. The zero-order valence-corrected chi connectivity index (χ0v) is 10.7. The molecule has 1 fully saturated rings. The van der Waals surface area contributed by atoms with Crippen molar-refractivity contribution in [1.82, 2.24) is 0 Å². The fraction of sp³-hybridized carbons (Fsp3) is 0.500. The monoisotopic (exact) mass is 258 g/mol. The second kappa shape index (κ2) is 6.14. The van der Waals surface area contributed by atoms with E-state index in [4.69, 9.17) is 9.66 Å². The van der Waals surface area contributed by atoms with Crippen LogP contribution in [0.3, 0.4) is 0 Å². The van der Waals surface area contributed by atoms with Crippen molar-refractivity contribution in [1.29, 1.82) is 0 Å². The predicted molar refractivity (Wildman–Crippen MR) is 65.4 cm³/mol. The summed E-state index contributed by atoms with van der Waals surface area (Å²) >= 11 is 0. The second-order valence-electron chi connectivity index (χ2n) is 4.24. The van der Waals surface area contributed by atoms with Gasteiger partial charge >= 0.3 is 0 Å². The van der Waals surface area contributed by atoms with Gasteiger partial charge in [0.1, 0.15) is 0 Å². The normalized spacial score (nSPS) is 15.0. The van der Waals surface area contributed by atoms with Gasteiger partial charge in [0.2, 0.25) is 0 Å². The Balaban J connectivity index is 0.000000202. The van der Waals surface area contributed by atoms with Gasteiger partial charge in [0.15, 0.2) is 0 Å². The summed E-state index contributed by atoms with van der Waals surface area (Å²) in [5.74, 6) is 0.898. The maximum Gasteiger partial charge on any atom is 0.294 e. The van der Waals surface area contributed by atoms with E-state index in [-0.39, 0.29) is 4.90 Å². The molecule has 0 amide bonds. The number of aliphatic hydroxyl groups excluding tert-OH is 1. The molecule has 2 rings (SSSR count). The highest BCUT2D eigenvalue weighted by Gasteiger charge is 2.19. The van der Waals surface area contributed by atoms with Crippen LogP contribution in [0.25, 0.3) is 0 Å². The minimum atomic E-state index is -4.02. The van der Waals surface area contributed by atoms with E-state index in [1.54, 1.807) is 12.1 Å². The van der Waals surface area contributed by atoms with Gasteiger partial charge < -0.3 is 5.11 Å². The first-order chi connectivity index (χ1) is 7.93. The molecule has 0 spiro atoms. The van der Waals surface area contributed by atoms with Crippen molar-refractivity contribution < 1.29 is 18.1 Å². The molecule has 1 aliphatic carbocycles. The lowest BCUT2D eigenvalue weighted by atomic mass is 10.2. The summed E-state index contributed by atoms with van der Waals surface area (Å²) in [5.41, 5.74) is 0.956. The Morgan fingerprint density at radius 1 is 1.24 bits per heavy atom. The van der Waals surface area contributed by atoms with Gasteiger partial charge in [-0.05, 0) is 31.4 Å². The molecule has 0 unspecified atom stereocenters. The van der Waals surface area contributed by atoms with E-state index in [2.05, 4.69) is 0 Å². The first-order valence-electron chi connectivity index (χ1n) is 5.58. The summed E-state index contributed by atoms with van der Waals surface area (Å²) < 4.78 is 29.6. The summed E-state index contributed by atoms with van der Waals surface area (Å²) in [6.45, 7) is 2.23. The lowest BCUT2D eigenvalue weighted by Gasteiger charge is -1.95. The Morgan fingerprint density at radius 3 is 2.06 bits per heavy atom.